The van der Waals surface area contributed by atoms with E-state index in [0.717, 1.165) is 19.4 Å². The lowest BCUT2D eigenvalue weighted by molar-refractivity contribution is 0.0937. The van der Waals surface area contributed by atoms with Crippen molar-refractivity contribution in [1.29, 1.82) is 0 Å². The highest BCUT2D eigenvalue weighted by Crippen LogP contribution is 2.43. The van der Waals surface area contributed by atoms with E-state index in [-0.39, 0.29) is 82.2 Å². The summed E-state index contributed by atoms with van der Waals surface area (Å²) in [5.41, 5.74) is -0.00896. The van der Waals surface area contributed by atoms with Gasteiger partial charge in [0.1, 0.15) is 41.5 Å². The van der Waals surface area contributed by atoms with E-state index in [4.69, 9.17) is 9.72 Å². The highest BCUT2D eigenvalue weighted by atomic mass is 19.1. The number of aryl methyl sites for hydroxylation is 2. The monoisotopic (exact) mass is 731 g/mol. The zero-order valence-electron chi connectivity index (χ0n) is 29.9. The molecule has 1 amide bonds. The van der Waals surface area contributed by atoms with Gasteiger partial charge in [0.05, 0.1) is 23.3 Å². The Balaban J connectivity index is 1.27. The van der Waals surface area contributed by atoms with Gasteiger partial charge in [-0.3, -0.25) is 14.4 Å². The summed E-state index contributed by atoms with van der Waals surface area (Å²) in [5.74, 6) is -2.82. The van der Waals surface area contributed by atoms with Crippen molar-refractivity contribution in [3.05, 3.63) is 70.8 Å². The number of alkyl halides is 1. The molecule has 3 aliphatic rings. The van der Waals surface area contributed by atoms with Crippen LogP contribution in [0.25, 0.3) is 32.8 Å². The van der Waals surface area contributed by atoms with E-state index in [1.165, 1.54) is 30.3 Å². The van der Waals surface area contributed by atoms with Crippen LogP contribution >= 0.6 is 0 Å². The molecule has 10 nitrogen and oxygen atoms in total. The van der Waals surface area contributed by atoms with Crippen LogP contribution in [0.2, 0.25) is 0 Å². The number of aromatic nitrogens is 4. The summed E-state index contributed by atoms with van der Waals surface area (Å²) in [6.07, 6.45) is 1.78. The Kier molecular flexibility index (Phi) is 8.91. The Morgan fingerprint density at radius 1 is 1.08 bits per heavy atom. The van der Waals surface area contributed by atoms with E-state index in [2.05, 4.69) is 20.3 Å². The van der Waals surface area contributed by atoms with Crippen LogP contribution in [0.1, 0.15) is 68.2 Å². The van der Waals surface area contributed by atoms with Crippen LogP contribution in [0.4, 0.5) is 23.4 Å². The van der Waals surface area contributed by atoms with E-state index >= 15 is 13.2 Å². The number of benzene rings is 3. The summed E-state index contributed by atoms with van der Waals surface area (Å²) in [7, 11) is 0. The maximum absolute atomic E-state index is 17.2. The number of halogens is 4. The van der Waals surface area contributed by atoms with Crippen LogP contribution in [-0.2, 0) is 19.5 Å². The third-order valence-corrected chi connectivity index (χ3v) is 10.8. The summed E-state index contributed by atoms with van der Waals surface area (Å²) < 4.78 is 71.4. The number of hydrogen-bond acceptors (Lipinski definition) is 8. The number of aromatic hydroxyl groups is 1. The molecule has 2 atom stereocenters. The van der Waals surface area contributed by atoms with Crippen LogP contribution in [-0.4, -0.2) is 79.7 Å². The smallest absolute Gasteiger partial charge is 0.319 e. The van der Waals surface area contributed by atoms with Crippen molar-refractivity contribution >= 4 is 33.4 Å². The number of anilines is 1. The van der Waals surface area contributed by atoms with Crippen LogP contribution in [0.15, 0.2) is 36.4 Å². The first-order chi connectivity index (χ1) is 25.4. The number of rotatable bonds is 8. The molecule has 53 heavy (non-hydrogen) atoms. The lowest BCUT2D eigenvalue weighted by Gasteiger charge is -2.31. The summed E-state index contributed by atoms with van der Waals surface area (Å²) in [6, 6.07) is 8.04. The molecule has 0 saturated carbocycles. The van der Waals surface area contributed by atoms with Crippen molar-refractivity contribution in [2.24, 2.45) is 0 Å². The quantitative estimate of drug-likeness (QED) is 0.167. The summed E-state index contributed by atoms with van der Waals surface area (Å²) in [6.45, 7) is 7.79. The summed E-state index contributed by atoms with van der Waals surface area (Å²) in [5, 5.41) is 18.8. The average molecular weight is 732 g/mol. The van der Waals surface area contributed by atoms with Crippen molar-refractivity contribution in [2.45, 2.75) is 83.7 Å². The van der Waals surface area contributed by atoms with Crippen LogP contribution in [0.3, 0.4) is 0 Å². The number of phenols is 1. The topological polar surface area (TPSA) is 109 Å². The Hall–Kier alpha value is -4.98. The molecule has 0 unspecified atom stereocenters. The predicted octanol–water partition coefficient (Wildman–Crippen LogP) is 6.84. The molecule has 3 aliphatic heterocycles. The molecule has 8 rings (SSSR count). The van der Waals surface area contributed by atoms with Gasteiger partial charge in [0, 0.05) is 37.5 Å². The van der Waals surface area contributed by atoms with Gasteiger partial charge in [0.25, 0.3) is 5.91 Å². The third kappa shape index (κ3) is 6.20. The van der Waals surface area contributed by atoms with E-state index in [1.54, 1.807) is 17.7 Å². The lowest BCUT2D eigenvalue weighted by Crippen LogP contribution is -2.43. The molecule has 5 aromatic rings. The predicted molar refractivity (Wildman–Crippen MR) is 192 cm³/mol. The maximum Gasteiger partial charge on any atom is 0.319 e. The third-order valence-electron chi connectivity index (χ3n) is 10.8. The molecule has 2 fully saturated rings. The molecule has 0 spiro atoms. The van der Waals surface area contributed by atoms with E-state index in [9.17, 15) is 14.3 Å². The molecule has 2 N–H and O–H groups in total. The molecule has 5 heterocycles. The Bertz CT molecular complexity index is 2260. The second kappa shape index (κ2) is 13.5. The second-order valence-corrected chi connectivity index (χ2v) is 14.8. The molecule has 2 aromatic heterocycles. The molecule has 0 radical (unpaired) electrons. The normalized spacial score (nSPS) is 20.3. The van der Waals surface area contributed by atoms with Gasteiger partial charge in [-0.1, -0.05) is 13.0 Å². The first-order valence-corrected chi connectivity index (χ1v) is 18.2. The number of carbonyl (C=O) groups excluding carboxylic acids is 1. The van der Waals surface area contributed by atoms with Gasteiger partial charge in [0.15, 0.2) is 11.5 Å². The van der Waals surface area contributed by atoms with E-state index in [1.807, 2.05) is 18.7 Å². The number of phenolic OH excluding ortho intramolecular Hbond substituents is 1. The fourth-order valence-electron chi connectivity index (χ4n) is 8.49. The number of nitrogens with zero attached hydrogens (tertiary/aromatic N) is 6. The number of amides is 1. The SMILES string of the molecule is CCc1c(F)ccc2cc(O)cc(-c3c(F)cc4c(N5CCCn6nc(C(=O)NC(C)C)cc6C5)nc(OC[C@@]56CCCN5C[C@H](F)C6)nc4c3F)c12. The molecular formula is C39H41F4N7O3. The van der Waals surface area contributed by atoms with Gasteiger partial charge in [0.2, 0.25) is 0 Å². The number of ether oxygens (including phenoxy) is 1. The highest BCUT2D eigenvalue weighted by molar-refractivity contribution is 6.03. The minimum Gasteiger partial charge on any atom is -0.508 e. The highest BCUT2D eigenvalue weighted by Gasteiger charge is 2.49. The van der Waals surface area contributed by atoms with E-state index in [0.29, 0.717) is 43.6 Å². The molecule has 0 aliphatic carbocycles. The van der Waals surface area contributed by atoms with Crippen LogP contribution in [0.5, 0.6) is 11.8 Å². The van der Waals surface area contributed by atoms with Crippen molar-refractivity contribution in [3.63, 3.8) is 0 Å². The standard InChI is InChI=1S/C39H41F4N7O3/c1-4-26-29(41)8-7-22-13-25(51)15-27(32(22)26)33-30(42)16-28-35(34(33)43)45-38(53-20-39-9-5-11-49(39)18-23(40)17-39)46-36(28)48-10-6-12-50-24(19-48)14-31(47-50)37(52)44-21(2)3/h7-8,13-16,21,23,51H,4-6,9-12,17-20H2,1-3H3,(H,44,52)/t23-,39+/m1/s1. The van der Waals surface area contributed by atoms with Gasteiger partial charge in [-0.2, -0.15) is 15.1 Å². The van der Waals surface area contributed by atoms with Crippen molar-refractivity contribution in [3.8, 4) is 22.9 Å². The van der Waals surface area contributed by atoms with Crippen LogP contribution < -0.4 is 15.0 Å². The minimum atomic E-state index is -1.02. The first-order valence-electron chi connectivity index (χ1n) is 18.2. The molecule has 0 bridgehead atoms. The largest absolute Gasteiger partial charge is 0.508 e. The Morgan fingerprint density at radius 3 is 2.70 bits per heavy atom. The van der Waals surface area contributed by atoms with Crippen molar-refractivity contribution in [1.82, 2.24) is 30.0 Å². The number of nitrogens with one attached hydrogen (secondary N) is 1. The zero-order chi connectivity index (χ0) is 37.2. The molecular weight excluding hydrogens is 690 g/mol. The lowest BCUT2D eigenvalue weighted by atomic mass is 9.91. The number of fused-ring (bicyclic) bond motifs is 4. The van der Waals surface area contributed by atoms with Crippen molar-refractivity contribution in [2.75, 3.05) is 31.1 Å². The second-order valence-electron chi connectivity index (χ2n) is 14.8. The fourth-order valence-corrected chi connectivity index (χ4v) is 8.49. The maximum atomic E-state index is 17.2. The van der Waals surface area contributed by atoms with Gasteiger partial charge in [-0.25, -0.2) is 17.6 Å². The Labute approximate surface area is 303 Å². The van der Waals surface area contributed by atoms with Crippen LogP contribution in [0, 0.1) is 17.5 Å². The number of hydrogen-bond donors (Lipinski definition) is 2. The molecule has 3 aromatic carbocycles. The first kappa shape index (κ1) is 35.1. The molecule has 278 valence electrons. The van der Waals surface area contributed by atoms with Gasteiger partial charge >= 0.3 is 6.01 Å². The minimum absolute atomic E-state index is 0.0119. The summed E-state index contributed by atoms with van der Waals surface area (Å²) in [4.78, 5) is 26.0. The fraction of sp³-hybridized carbons (Fsp3) is 0.436. The number of carbonyl (C=O) groups is 1. The van der Waals surface area contributed by atoms with Gasteiger partial charge < -0.3 is 20.1 Å². The zero-order valence-corrected chi connectivity index (χ0v) is 29.9. The van der Waals surface area contributed by atoms with Gasteiger partial charge in [-0.15, -0.1) is 0 Å². The molecule has 14 heteroatoms. The average Bonchev–Trinajstić information content (AvgIpc) is 3.74. The van der Waals surface area contributed by atoms with E-state index < -0.39 is 34.7 Å². The van der Waals surface area contributed by atoms with Crippen molar-refractivity contribution < 1.29 is 32.2 Å². The molecule has 2 saturated heterocycles. The van der Waals surface area contributed by atoms with Gasteiger partial charge in [-0.05, 0) is 98.3 Å². The Morgan fingerprint density at radius 2 is 1.91 bits per heavy atom. The summed E-state index contributed by atoms with van der Waals surface area (Å²) >= 11 is 0.